The van der Waals surface area contributed by atoms with E-state index in [1.807, 2.05) is 25.1 Å². The van der Waals surface area contributed by atoms with Crippen LogP contribution in [-0.2, 0) is 4.74 Å². The lowest BCUT2D eigenvalue weighted by Gasteiger charge is -2.45. The summed E-state index contributed by atoms with van der Waals surface area (Å²) in [5, 5.41) is 0. The number of rotatable bonds is 3. The van der Waals surface area contributed by atoms with Gasteiger partial charge in [0.2, 0.25) is 0 Å². The lowest BCUT2D eigenvalue weighted by Crippen LogP contribution is -2.60. The Hall–Kier alpha value is -1.07. The number of nitrogens with zero attached hydrogens (tertiary/aromatic N) is 2. The zero-order chi connectivity index (χ0) is 15.6. The van der Waals surface area contributed by atoms with E-state index in [-0.39, 0.29) is 5.97 Å². The number of hydrogen-bond donors (Lipinski definition) is 0. The first kappa shape index (κ1) is 15.8. The summed E-state index contributed by atoms with van der Waals surface area (Å²) in [4.78, 5) is 14.9. The van der Waals surface area contributed by atoms with Gasteiger partial charge < -0.3 is 14.1 Å². The Labute approximate surface area is 140 Å². The molecule has 0 bridgehead atoms. The summed E-state index contributed by atoms with van der Waals surface area (Å²) >= 11 is 3.87. The van der Waals surface area contributed by atoms with Crippen molar-refractivity contribution in [2.75, 3.05) is 44.2 Å². The van der Waals surface area contributed by atoms with Gasteiger partial charge in [-0.25, -0.2) is 4.79 Å². The molecule has 2 heterocycles. The maximum Gasteiger partial charge on any atom is 0.338 e. The molecule has 2 fully saturated rings. The van der Waals surface area contributed by atoms with Crippen LogP contribution in [0.4, 0.5) is 5.69 Å². The fourth-order valence-electron chi connectivity index (χ4n) is 3.66. The summed E-state index contributed by atoms with van der Waals surface area (Å²) in [5.41, 5.74) is 1.78. The molecule has 5 heteroatoms. The Kier molecular flexibility index (Phi) is 4.73. The molecule has 1 unspecified atom stereocenters. The van der Waals surface area contributed by atoms with Gasteiger partial charge >= 0.3 is 5.97 Å². The van der Waals surface area contributed by atoms with Crippen LogP contribution in [0.1, 0.15) is 30.1 Å². The monoisotopic (exact) mass is 367 g/mol. The second-order valence-electron chi connectivity index (χ2n) is 6.22. The Morgan fingerprint density at radius 2 is 2.14 bits per heavy atom. The minimum Gasteiger partial charge on any atom is -0.462 e. The van der Waals surface area contributed by atoms with Crippen LogP contribution in [0.25, 0.3) is 0 Å². The molecule has 2 aliphatic rings. The van der Waals surface area contributed by atoms with Gasteiger partial charge in [-0.1, -0.05) is 6.07 Å². The molecular formula is C17H24BrN2O2+. The van der Waals surface area contributed by atoms with Crippen LogP contribution in [0.15, 0.2) is 24.3 Å². The second-order valence-corrected chi connectivity index (χ2v) is 7.28. The summed E-state index contributed by atoms with van der Waals surface area (Å²) in [7, 11) is 0. The van der Waals surface area contributed by atoms with Crippen LogP contribution in [0, 0.1) is 0 Å². The van der Waals surface area contributed by atoms with E-state index < -0.39 is 0 Å². The number of halogens is 1. The normalized spacial score (nSPS) is 23.7. The molecule has 22 heavy (non-hydrogen) atoms. The Morgan fingerprint density at radius 1 is 1.36 bits per heavy atom. The number of carbonyl (C=O) groups is 1. The molecule has 120 valence electrons. The van der Waals surface area contributed by atoms with E-state index in [2.05, 4.69) is 26.9 Å². The average molecular weight is 368 g/mol. The van der Waals surface area contributed by atoms with Gasteiger partial charge in [0.15, 0.2) is 0 Å². The zero-order valence-corrected chi connectivity index (χ0v) is 14.7. The van der Waals surface area contributed by atoms with Gasteiger partial charge in [0, 0.05) is 18.5 Å². The van der Waals surface area contributed by atoms with Crippen LogP contribution in [-0.4, -0.2) is 54.7 Å². The number of hydrogen-bond acceptors (Lipinski definition) is 3. The third-order valence-electron chi connectivity index (χ3n) is 4.99. The molecule has 0 N–H and O–H groups in total. The van der Waals surface area contributed by atoms with Gasteiger partial charge in [-0.05, 0) is 41.1 Å². The molecule has 0 amide bonds. The predicted octanol–water partition coefficient (Wildman–Crippen LogP) is 3.01. The molecule has 0 aliphatic carbocycles. The van der Waals surface area contributed by atoms with Gasteiger partial charge in [-0.2, -0.15) is 0 Å². The summed E-state index contributed by atoms with van der Waals surface area (Å²) in [6, 6.07) is 7.83. The van der Waals surface area contributed by atoms with Crippen molar-refractivity contribution in [1.29, 1.82) is 0 Å². The van der Waals surface area contributed by atoms with E-state index in [0.29, 0.717) is 17.1 Å². The van der Waals surface area contributed by atoms with Crippen molar-refractivity contribution in [2.45, 2.75) is 24.7 Å². The van der Waals surface area contributed by atoms with Gasteiger partial charge in [0.1, 0.15) is 4.95 Å². The van der Waals surface area contributed by atoms with Crippen LogP contribution in [0.5, 0.6) is 0 Å². The van der Waals surface area contributed by atoms with Crippen LogP contribution >= 0.6 is 15.9 Å². The number of piperazine rings is 1. The molecule has 4 nitrogen and oxygen atoms in total. The van der Waals surface area contributed by atoms with Crippen molar-refractivity contribution in [2.24, 2.45) is 0 Å². The molecule has 1 atom stereocenters. The van der Waals surface area contributed by atoms with Crippen LogP contribution in [0.3, 0.4) is 0 Å². The molecule has 1 spiro atoms. The number of esters is 1. The summed E-state index contributed by atoms with van der Waals surface area (Å²) in [5.74, 6) is -0.232. The smallest absolute Gasteiger partial charge is 0.338 e. The molecule has 1 aromatic carbocycles. The first-order valence-electron chi connectivity index (χ1n) is 8.16. The van der Waals surface area contributed by atoms with Crippen molar-refractivity contribution >= 4 is 27.6 Å². The fourth-order valence-corrected chi connectivity index (χ4v) is 4.60. The number of benzene rings is 1. The predicted molar refractivity (Wildman–Crippen MR) is 91.4 cm³/mol. The van der Waals surface area contributed by atoms with Crippen LogP contribution in [0.2, 0.25) is 0 Å². The molecule has 2 saturated heterocycles. The minimum atomic E-state index is -0.232. The largest absolute Gasteiger partial charge is 0.462 e. The molecular weight excluding hydrogens is 344 g/mol. The molecule has 0 aromatic heterocycles. The average Bonchev–Trinajstić information content (AvgIpc) is 2.89. The third-order valence-corrected chi connectivity index (χ3v) is 6.32. The van der Waals surface area contributed by atoms with Crippen molar-refractivity contribution in [1.82, 2.24) is 0 Å². The maximum absolute atomic E-state index is 11.9. The second kappa shape index (κ2) is 6.59. The highest BCUT2D eigenvalue weighted by atomic mass is 79.9. The Morgan fingerprint density at radius 3 is 2.77 bits per heavy atom. The van der Waals surface area contributed by atoms with Crippen molar-refractivity contribution < 1.29 is 14.0 Å². The van der Waals surface area contributed by atoms with Gasteiger partial charge in [0.05, 0.1) is 44.9 Å². The Bertz CT molecular complexity index is 541. The molecule has 2 aliphatic heterocycles. The van der Waals surface area contributed by atoms with Crippen LogP contribution < -0.4 is 4.90 Å². The standard InChI is InChI=1S/C17H24BrN2O2/c1-2-22-17(21)14-5-3-6-15(13-14)19-8-11-20(12-9-19)10-4-7-16(20)18/h3,5-6,13,16H,2,4,7-12H2,1H3/q+1. The van der Waals surface area contributed by atoms with Crippen molar-refractivity contribution in [3.05, 3.63) is 29.8 Å². The van der Waals surface area contributed by atoms with E-state index >= 15 is 0 Å². The summed E-state index contributed by atoms with van der Waals surface area (Å²) in [6.45, 7) is 8.01. The highest BCUT2D eigenvalue weighted by molar-refractivity contribution is 9.09. The van der Waals surface area contributed by atoms with Gasteiger partial charge in [0.25, 0.3) is 0 Å². The fraction of sp³-hybridized carbons (Fsp3) is 0.588. The summed E-state index contributed by atoms with van der Waals surface area (Å²) in [6.07, 6.45) is 2.62. The summed E-state index contributed by atoms with van der Waals surface area (Å²) < 4.78 is 6.31. The number of carbonyl (C=O) groups excluding carboxylic acids is 1. The third kappa shape index (κ3) is 3.01. The molecule has 3 rings (SSSR count). The van der Waals surface area contributed by atoms with E-state index in [4.69, 9.17) is 4.74 Å². The topological polar surface area (TPSA) is 29.5 Å². The quantitative estimate of drug-likeness (QED) is 0.356. The number of ether oxygens (including phenoxy) is 1. The lowest BCUT2D eigenvalue weighted by molar-refractivity contribution is -0.925. The number of alkyl halides is 1. The number of quaternary nitrogens is 1. The maximum atomic E-state index is 11.9. The minimum absolute atomic E-state index is 0.232. The van der Waals surface area contributed by atoms with Gasteiger partial charge in [-0.3, -0.25) is 0 Å². The van der Waals surface area contributed by atoms with E-state index in [1.54, 1.807) is 0 Å². The number of anilines is 1. The highest BCUT2D eigenvalue weighted by Crippen LogP contribution is 2.33. The SMILES string of the molecule is CCOC(=O)c1cccc(N2CC[N+]3(CCCC3Br)CC2)c1. The van der Waals surface area contributed by atoms with E-state index in [1.165, 1.54) is 37.0 Å². The van der Waals surface area contributed by atoms with Gasteiger partial charge in [-0.15, -0.1) is 0 Å². The Balaban J connectivity index is 1.68. The zero-order valence-electron chi connectivity index (χ0n) is 13.1. The van der Waals surface area contributed by atoms with Crippen molar-refractivity contribution in [3.63, 3.8) is 0 Å². The van der Waals surface area contributed by atoms with E-state index in [9.17, 15) is 4.79 Å². The van der Waals surface area contributed by atoms with Crippen molar-refractivity contribution in [3.8, 4) is 0 Å². The first-order valence-corrected chi connectivity index (χ1v) is 9.08. The van der Waals surface area contributed by atoms with E-state index in [0.717, 1.165) is 18.8 Å². The molecule has 1 aromatic rings. The first-order chi connectivity index (χ1) is 10.6. The lowest BCUT2D eigenvalue weighted by atomic mass is 10.1. The highest BCUT2D eigenvalue weighted by Gasteiger charge is 2.42. The molecule has 0 saturated carbocycles. The molecule has 0 radical (unpaired) electrons.